The van der Waals surface area contributed by atoms with Gasteiger partial charge in [0.25, 0.3) is 0 Å². The average molecular weight is 348 g/mol. The monoisotopic (exact) mass is 348 g/mol. The van der Waals surface area contributed by atoms with Crippen LogP contribution in [0.1, 0.15) is 12.1 Å². The maximum Gasteiger partial charge on any atom is 0.152 e. The fourth-order valence-corrected chi connectivity index (χ4v) is 4.03. The van der Waals surface area contributed by atoms with Gasteiger partial charge in [-0.1, -0.05) is 12.1 Å². The van der Waals surface area contributed by atoms with Crippen molar-refractivity contribution in [1.29, 1.82) is 0 Å². The maximum absolute atomic E-state index is 12.5. The van der Waals surface area contributed by atoms with Gasteiger partial charge in [0.1, 0.15) is 0 Å². The third-order valence-electron chi connectivity index (χ3n) is 5.38. The van der Waals surface area contributed by atoms with Gasteiger partial charge in [0.2, 0.25) is 0 Å². The highest BCUT2D eigenvalue weighted by molar-refractivity contribution is 5.88. The van der Waals surface area contributed by atoms with Crippen molar-refractivity contribution in [3.63, 3.8) is 0 Å². The van der Waals surface area contributed by atoms with E-state index < -0.39 is 0 Å². The number of aromatic amines is 1. The van der Waals surface area contributed by atoms with Crippen molar-refractivity contribution in [2.75, 3.05) is 19.7 Å². The Kier molecular flexibility index (Phi) is 3.80. The number of fused-ring (bicyclic) bond motifs is 3. The van der Waals surface area contributed by atoms with Crippen LogP contribution in [0.5, 0.6) is 0 Å². The second kappa shape index (κ2) is 6.30. The van der Waals surface area contributed by atoms with Gasteiger partial charge in [-0.3, -0.25) is 19.8 Å². The summed E-state index contributed by atoms with van der Waals surface area (Å²) in [5.41, 5.74) is 2.97. The summed E-state index contributed by atoms with van der Waals surface area (Å²) in [6.45, 7) is 2.15. The number of Topliss-reactive ketones (excluding diaryl/α,β-unsaturated/α-hetero) is 1. The number of rotatable bonds is 5. The van der Waals surface area contributed by atoms with Crippen LogP contribution in [-0.2, 0) is 16.0 Å². The molecule has 1 N–H and O–H groups in total. The van der Waals surface area contributed by atoms with Crippen molar-refractivity contribution >= 4 is 16.6 Å². The Morgan fingerprint density at radius 2 is 2.19 bits per heavy atom. The molecule has 0 saturated carbocycles. The average Bonchev–Trinajstić information content (AvgIpc) is 3.39. The third kappa shape index (κ3) is 2.91. The number of hydrogen-bond donors (Lipinski definition) is 1. The predicted molar refractivity (Wildman–Crippen MR) is 97.8 cm³/mol. The molecule has 2 aliphatic rings. The van der Waals surface area contributed by atoms with Gasteiger partial charge in [0.05, 0.1) is 31.9 Å². The Morgan fingerprint density at radius 3 is 2.96 bits per heavy atom. The van der Waals surface area contributed by atoms with E-state index in [9.17, 15) is 4.79 Å². The number of likely N-dealkylation sites (tertiary alicyclic amines) is 1. The predicted octanol–water partition coefficient (Wildman–Crippen LogP) is 2.21. The topological polar surface area (TPSA) is 71.1 Å². The van der Waals surface area contributed by atoms with Crippen LogP contribution in [0.3, 0.4) is 0 Å². The fraction of sp³-hybridized carbons (Fsp3) is 0.350. The Hall–Kier alpha value is -2.57. The van der Waals surface area contributed by atoms with Crippen LogP contribution >= 0.6 is 0 Å². The Morgan fingerprint density at radius 1 is 1.23 bits per heavy atom. The molecule has 5 rings (SSSR count). The van der Waals surface area contributed by atoms with Crippen LogP contribution in [0.15, 0.2) is 42.9 Å². The standard InChI is InChI=1S/C20H20N4O2/c25-19(10-24-11-20-6-18(24)12-26-20)5-17-4-15-3-13(16-8-22-23-9-16)1-2-14(15)7-21-17/h1-4,7-9,18,20H,5-6,10-12H2,(H,22,23)/t18-,20-/m1/s1. The summed E-state index contributed by atoms with van der Waals surface area (Å²) >= 11 is 0. The molecule has 4 heterocycles. The van der Waals surface area contributed by atoms with Crippen LogP contribution in [0.2, 0.25) is 0 Å². The van der Waals surface area contributed by atoms with Crippen molar-refractivity contribution < 1.29 is 9.53 Å². The number of aromatic nitrogens is 3. The number of ether oxygens (including phenoxy) is 1. The molecule has 2 atom stereocenters. The molecule has 26 heavy (non-hydrogen) atoms. The summed E-state index contributed by atoms with van der Waals surface area (Å²) < 4.78 is 5.60. The number of nitrogens with one attached hydrogen (secondary N) is 1. The van der Waals surface area contributed by atoms with Crippen LogP contribution < -0.4 is 0 Å². The first-order valence-corrected chi connectivity index (χ1v) is 9.00. The highest BCUT2D eigenvalue weighted by Crippen LogP contribution is 2.27. The van der Waals surface area contributed by atoms with E-state index in [1.165, 1.54) is 0 Å². The molecule has 132 valence electrons. The van der Waals surface area contributed by atoms with E-state index in [2.05, 4.69) is 38.3 Å². The molecule has 0 radical (unpaired) electrons. The lowest BCUT2D eigenvalue weighted by molar-refractivity contribution is -0.120. The second-order valence-corrected chi connectivity index (χ2v) is 7.21. The fourth-order valence-electron chi connectivity index (χ4n) is 4.03. The van der Waals surface area contributed by atoms with Gasteiger partial charge < -0.3 is 4.74 Å². The lowest BCUT2D eigenvalue weighted by atomic mass is 10.0. The normalized spacial score (nSPS) is 22.3. The number of benzene rings is 1. The molecule has 6 heteroatoms. The number of carbonyl (C=O) groups is 1. The summed E-state index contributed by atoms with van der Waals surface area (Å²) in [4.78, 5) is 19.2. The SMILES string of the molecule is O=C(Cc1cc2cc(-c3cn[nH]c3)ccc2cn1)CN1C[C@H]2C[C@@H]1CO2. The van der Waals surface area contributed by atoms with E-state index in [0.717, 1.165) is 47.2 Å². The highest BCUT2D eigenvalue weighted by atomic mass is 16.5. The molecule has 0 spiro atoms. The quantitative estimate of drug-likeness (QED) is 0.765. The molecule has 2 aliphatic heterocycles. The Labute approximate surface area is 151 Å². The van der Waals surface area contributed by atoms with Gasteiger partial charge in [-0.25, -0.2) is 0 Å². The molecular weight excluding hydrogens is 328 g/mol. The summed E-state index contributed by atoms with van der Waals surface area (Å²) in [5, 5.41) is 9.01. The number of ketones is 1. The summed E-state index contributed by atoms with van der Waals surface area (Å²) in [6, 6.07) is 8.68. The zero-order chi connectivity index (χ0) is 17.5. The molecule has 0 unspecified atom stereocenters. The van der Waals surface area contributed by atoms with Crippen molar-refractivity contribution in [3.05, 3.63) is 48.5 Å². The molecule has 2 aromatic heterocycles. The van der Waals surface area contributed by atoms with Crippen molar-refractivity contribution in [2.45, 2.75) is 25.0 Å². The Bertz CT molecular complexity index is 954. The largest absolute Gasteiger partial charge is 0.375 e. The Balaban J connectivity index is 1.33. The van der Waals surface area contributed by atoms with Gasteiger partial charge in [0, 0.05) is 41.6 Å². The first-order valence-electron chi connectivity index (χ1n) is 9.00. The smallest absolute Gasteiger partial charge is 0.152 e. The molecule has 0 amide bonds. The number of nitrogens with zero attached hydrogens (tertiary/aromatic N) is 3. The van der Waals surface area contributed by atoms with Gasteiger partial charge in [-0.2, -0.15) is 5.10 Å². The zero-order valence-electron chi connectivity index (χ0n) is 14.4. The first kappa shape index (κ1) is 15.7. The minimum atomic E-state index is 0.218. The first-order chi connectivity index (χ1) is 12.7. The van der Waals surface area contributed by atoms with Crippen LogP contribution in [0.4, 0.5) is 0 Å². The number of pyridine rings is 1. The van der Waals surface area contributed by atoms with Gasteiger partial charge in [0.15, 0.2) is 5.78 Å². The summed E-state index contributed by atoms with van der Waals surface area (Å²) in [7, 11) is 0. The minimum absolute atomic E-state index is 0.218. The lowest BCUT2D eigenvalue weighted by Crippen LogP contribution is -2.40. The van der Waals surface area contributed by atoms with E-state index >= 15 is 0 Å². The maximum atomic E-state index is 12.5. The lowest BCUT2D eigenvalue weighted by Gasteiger charge is -2.25. The van der Waals surface area contributed by atoms with Gasteiger partial charge in [-0.05, 0) is 29.5 Å². The number of morpholine rings is 1. The third-order valence-corrected chi connectivity index (χ3v) is 5.38. The number of hydrogen-bond acceptors (Lipinski definition) is 5. The molecule has 3 aromatic rings. The van der Waals surface area contributed by atoms with Crippen molar-refractivity contribution in [1.82, 2.24) is 20.1 Å². The molecular formula is C20H20N4O2. The molecule has 1 aromatic carbocycles. The highest BCUT2D eigenvalue weighted by Gasteiger charge is 2.39. The van der Waals surface area contributed by atoms with E-state index in [4.69, 9.17) is 4.74 Å². The van der Waals surface area contributed by atoms with Gasteiger partial charge >= 0.3 is 0 Å². The van der Waals surface area contributed by atoms with E-state index in [1.54, 1.807) is 6.20 Å². The number of H-pyrrole nitrogens is 1. The van der Waals surface area contributed by atoms with E-state index in [0.29, 0.717) is 25.1 Å². The van der Waals surface area contributed by atoms with Crippen LogP contribution in [0, 0.1) is 0 Å². The van der Waals surface area contributed by atoms with Crippen LogP contribution in [-0.4, -0.2) is 57.7 Å². The van der Waals surface area contributed by atoms with Crippen molar-refractivity contribution in [3.8, 4) is 11.1 Å². The van der Waals surface area contributed by atoms with Crippen LogP contribution in [0.25, 0.3) is 21.9 Å². The summed E-state index contributed by atoms with van der Waals surface area (Å²) in [6.07, 6.45) is 7.30. The minimum Gasteiger partial charge on any atom is -0.375 e. The molecule has 2 bridgehead atoms. The van der Waals surface area contributed by atoms with E-state index in [-0.39, 0.29) is 5.78 Å². The molecule has 2 saturated heterocycles. The van der Waals surface area contributed by atoms with E-state index in [1.807, 2.05) is 18.5 Å². The molecule has 0 aliphatic carbocycles. The van der Waals surface area contributed by atoms with Crippen molar-refractivity contribution in [2.24, 2.45) is 0 Å². The second-order valence-electron chi connectivity index (χ2n) is 7.21. The molecule has 6 nitrogen and oxygen atoms in total. The van der Waals surface area contributed by atoms with Gasteiger partial charge in [-0.15, -0.1) is 0 Å². The zero-order valence-corrected chi connectivity index (χ0v) is 14.4. The molecule has 2 fully saturated rings. The number of carbonyl (C=O) groups excluding carboxylic acids is 1. The summed E-state index contributed by atoms with van der Waals surface area (Å²) in [5.74, 6) is 0.218.